The topological polar surface area (TPSA) is 91.4 Å². The number of aromatic nitrogens is 3. The summed E-state index contributed by atoms with van der Waals surface area (Å²) in [7, 11) is 0. The molecule has 0 bridgehead atoms. The summed E-state index contributed by atoms with van der Waals surface area (Å²) in [6.07, 6.45) is 0.988. The van der Waals surface area contributed by atoms with Crippen LogP contribution in [0.1, 0.15) is 80.5 Å². The maximum Gasteiger partial charge on any atom is 0.146 e. The molecular weight excluding hydrogens is 510 g/mol. The van der Waals surface area contributed by atoms with Crippen LogP contribution >= 0.6 is 0 Å². The minimum Gasteiger partial charge on any atom is -0.508 e. The SMILES string of the molecule is Cc1cc(Cc2cc(Cc3ccc(O)c(C(C)(C)C)c3)c(O)c(C(C)(C)C)c2)c(O)c(-n2nc3ccccc3n2)c1. The molecule has 5 rings (SSSR count). The van der Waals surface area contributed by atoms with Crippen LogP contribution in [0.3, 0.4) is 0 Å². The Morgan fingerprint density at radius 3 is 1.80 bits per heavy atom. The van der Waals surface area contributed by atoms with E-state index < -0.39 is 0 Å². The molecule has 5 aromatic rings. The van der Waals surface area contributed by atoms with E-state index in [0.717, 1.165) is 50.0 Å². The molecule has 1 heterocycles. The first-order valence-electron chi connectivity index (χ1n) is 14.0. The Balaban J connectivity index is 1.57. The summed E-state index contributed by atoms with van der Waals surface area (Å²) in [4.78, 5) is 1.50. The van der Waals surface area contributed by atoms with Gasteiger partial charge in [-0.1, -0.05) is 84.0 Å². The average molecular weight is 550 g/mol. The van der Waals surface area contributed by atoms with Crippen molar-refractivity contribution in [2.24, 2.45) is 0 Å². The first-order valence-corrected chi connectivity index (χ1v) is 14.0. The molecule has 0 aliphatic rings. The van der Waals surface area contributed by atoms with E-state index in [2.05, 4.69) is 51.7 Å². The molecule has 0 fully saturated rings. The molecule has 0 saturated heterocycles. The average Bonchev–Trinajstić information content (AvgIpc) is 3.31. The number of aromatic hydroxyl groups is 3. The minimum absolute atomic E-state index is 0.135. The summed E-state index contributed by atoms with van der Waals surface area (Å²) < 4.78 is 0. The highest BCUT2D eigenvalue weighted by atomic mass is 16.3. The summed E-state index contributed by atoms with van der Waals surface area (Å²) in [5.74, 6) is 0.698. The number of hydrogen-bond acceptors (Lipinski definition) is 5. The lowest BCUT2D eigenvalue weighted by molar-refractivity contribution is 0.440. The van der Waals surface area contributed by atoms with Gasteiger partial charge < -0.3 is 15.3 Å². The van der Waals surface area contributed by atoms with Crippen molar-refractivity contribution in [3.63, 3.8) is 0 Å². The van der Waals surface area contributed by atoms with Crippen molar-refractivity contribution in [1.29, 1.82) is 0 Å². The smallest absolute Gasteiger partial charge is 0.146 e. The number of nitrogens with zero attached hydrogens (tertiary/aromatic N) is 3. The quantitative estimate of drug-likeness (QED) is 0.210. The number of benzene rings is 4. The van der Waals surface area contributed by atoms with E-state index in [4.69, 9.17) is 0 Å². The van der Waals surface area contributed by atoms with E-state index in [1.807, 2.05) is 67.6 Å². The molecule has 0 aliphatic carbocycles. The van der Waals surface area contributed by atoms with Crippen LogP contribution in [-0.2, 0) is 23.7 Å². The highest BCUT2D eigenvalue weighted by molar-refractivity contribution is 5.73. The van der Waals surface area contributed by atoms with Crippen molar-refractivity contribution >= 4 is 11.0 Å². The first-order chi connectivity index (χ1) is 19.2. The maximum atomic E-state index is 11.4. The standard InChI is InChI=1S/C35H39N3O3/c1-21-14-24(33(41)30(15-21)38-36-28-10-8-9-11-29(28)37-38)17-23-18-25(32(40)27(20-23)35(5,6)7)16-22-12-13-31(39)26(19-22)34(2,3)4/h8-15,18-20,39-41H,16-17H2,1-7H3. The van der Waals surface area contributed by atoms with Gasteiger partial charge in [0.25, 0.3) is 0 Å². The number of fused-ring (bicyclic) bond motifs is 1. The third-order valence-corrected chi connectivity index (χ3v) is 7.53. The molecule has 4 aromatic carbocycles. The molecule has 0 atom stereocenters. The van der Waals surface area contributed by atoms with Crippen LogP contribution in [0.15, 0.2) is 66.7 Å². The van der Waals surface area contributed by atoms with Crippen LogP contribution in [0.25, 0.3) is 16.7 Å². The fourth-order valence-electron chi connectivity index (χ4n) is 5.39. The fraction of sp³-hybridized carbons (Fsp3) is 0.314. The molecule has 0 aliphatic heterocycles. The van der Waals surface area contributed by atoms with Gasteiger partial charge in [0, 0.05) is 18.4 Å². The second-order valence-electron chi connectivity index (χ2n) is 13.1. The highest BCUT2D eigenvalue weighted by Crippen LogP contribution is 2.38. The Morgan fingerprint density at radius 2 is 1.20 bits per heavy atom. The number of aryl methyl sites for hydroxylation is 1. The molecule has 41 heavy (non-hydrogen) atoms. The van der Waals surface area contributed by atoms with Gasteiger partial charge in [-0.25, -0.2) is 0 Å². The molecule has 3 N–H and O–H groups in total. The van der Waals surface area contributed by atoms with Gasteiger partial charge in [0.15, 0.2) is 0 Å². The largest absolute Gasteiger partial charge is 0.508 e. The predicted octanol–water partition coefficient (Wildman–Crippen LogP) is 7.62. The fourth-order valence-corrected chi connectivity index (χ4v) is 5.39. The molecule has 0 spiro atoms. The Morgan fingerprint density at radius 1 is 0.634 bits per heavy atom. The van der Waals surface area contributed by atoms with Gasteiger partial charge in [-0.3, -0.25) is 0 Å². The summed E-state index contributed by atoms with van der Waals surface area (Å²) in [6.45, 7) is 14.5. The third kappa shape index (κ3) is 5.78. The van der Waals surface area contributed by atoms with E-state index in [1.54, 1.807) is 6.07 Å². The number of phenols is 3. The molecule has 0 amide bonds. The zero-order valence-corrected chi connectivity index (χ0v) is 24.9. The van der Waals surface area contributed by atoms with Gasteiger partial charge in [0.2, 0.25) is 0 Å². The van der Waals surface area contributed by atoms with Gasteiger partial charge in [-0.05, 0) is 75.4 Å². The van der Waals surface area contributed by atoms with Crippen LogP contribution in [0.5, 0.6) is 17.2 Å². The second-order valence-corrected chi connectivity index (χ2v) is 13.1. The number of rotatable bonds is 5. The molecule has 6 heteroatoms. The van der Waals surface area contributed by atoms with Gasteiger partial charge in [-0.2, -0.15) is 0 Å². The maximum absolute atomic E-state index is 11.4. The van der Waals surface area contributed by atoms with Gasteiger partial charge >= 0.3 is 0 Å². The van der Waals surface area contributed by atoms with Crippen molar-refractivity contribution in [2.45, 2.75) is 72.1 Å². The van der Waals surface area contributed by atoms with E-state index in [0.29, 0.717) is 18.5 Å². The number of phenolic OH excluding ortho intramolecular Hbond substituents is 3. The Hall–Kier alpha value is -4.32. The van der Waals surface area contributed by atoms with E-state index >= 15 is 0 Å². The molecule has 0 radical (unpaired) electrons. The Bertz CT molecular complexity index is 1720. The minimum atomic E-state index is -0.292. The summed E-state index contributed by atoms with van der Waals surface area (Å²) in [5.41, 5.74) is 7.84. The zero-order valence-electron chi connectivity index (χ0n) is 24.9. The van der Waals surface area contributed by atoms with Crippen molar-refractivity contribution in [3.8, 4) is 22.9 Å². The molecule has 212 valence electrons. The highest BCUT2D eigenvalue weighted by Gasteiger charge is 2.24. The van der Waals surface area contributed by atoms with Crippen molar-refractivity contribution in [3.05, 3.63) is 106 Å². The lowest BCUT2D eigenvalue weighted by Crippen LogP contribution is -2.14. The van der Waals surface area contributed by atoms with Crippen LogP contribution in [0.2, 0.25) is 0 Å². The Kier molecular flexibility index (Phi) is 7.06. The van der Waals surface area contributed by atoms with Crippen molar-refractivity contribution in [1.82, 2.24) is 15.0 Å². The molecule has 1 aromatic heterocycles. The molecule has 0 unspecified atom stereocenters. The third-order valence-electron chi connectivity index (χ3n) is 7.53. The van der Waals surface area contributed by atoms with E-state index in [-0.39, 0.29) is 28.1 Å². The normalized spacial score (nSPS) is 12.3. The molecule has 0 saturated carbocycles. The van der Waals surface area contributed by atoms with Crippen LogP contribution < -0.4 is 0 Å². The summed E-state index contributed by atoms with van der Waals surface area (Å²) in [5, 5.41) is 42.4. The summed E-state index contributed by atoms with van der Waals surface area (Å²) >= 11 is 0. The van der Waals surface area contributed by atoms with Gasteiger partial charge in [0.05, 0.1) is 0 Å². The second kappa shape index (κ2) is 10.3. The van der Waals surface area contributed by atoms with Crippen LogP contribution in [-0.4, -0.2) is 30.3 Å². The molecular formula is C35H39N3O3. The summed E-state index contributed by atoms with van der Waals surface area (Å²) in [6, 6.07) is 21.2. The van der Waals surface area contributed by atoms with Gasteiger partial charge in [-0.15, -0.1) is 15.0 Å². The monoisotopic (exact) mass is 549 g/mol. The predicted molar refractivity (Wildman–Crippen MR) is 164 cm³/mol. The zero-order chi connectivity index (χ0) is 29.7. The van der Waals surface area contributed by atoms with Crippen molar-refractivity contribution in [2.75, 3.05) is 0 Å². The lowest BCUT2D eigenvalue weighted by atomic mass is 9.81. The van der Waals surface area contributed by atoms with Crippen LogP contribution in [0.4, 0.5) is 0 Å². The van der Waals surface area contributed by atoms with Crippen LogP contribution in [0, 0.1) is 6.92 Å². The van der Waals surface area contributed by atoms with Crippen molar-refractivity contribution < 1.29 is 15.3 Å². The first kappa shape index (κ1) is 28.2. The van der Waals surface area contributed by atoms with E-state index in [9.17, 15) is 15.3 Å². The van der Waals surface area contributed by atoms with E-state index in [1.165, 1.54) is 4.80 Å². The lowest BCUT2D eigenvalue weighted by Gasteiger charge is -2.24. The molecule has 6 nitrogen and oxygen atoms in total. The number of hydrogen-bond donors (Lipinski definition) is 3. The van der Waals surface area contributed by atoms with Gasteiger partial charge in [0.1, 0.15) is 34.0 Å². The Labute approximate surface area is 241 Å².